The van der Waals surface area contributed by atoms with Crippen molar-refractivity contribution in [1.82, 2.24) is 5.32 Å². The van der Waals surface area contributed by atoms with Gasteiger partial charge in [0, 0.05) is 6.54 Å². The Bertz CT molecular complexity index is 722. The predicted octanol–water partition coefficient (Wildman–Crippen LogP) is 3.56. The molecule has 0 bridgehead atoms. The van der Waals surface area contributed by atoms with E-state index in [-0.39, 0.29) is 5.57 Å². The molecule has 2 aromatic carbocycles. The van der Waals surface area contributed by atoms with Gasteiger partial charge in [-0.1, -0.05) is 60.7 Å². The second-order valence-corrected chi connectivity index (χ2v) is 4.66. The molecule has 0 saturated carbocycles. The summed E-state index contributed by atoms with van der Waals surface area (Å²) in [5.74, 6) is -0.394. The third kappa shape index (κ3) is 3.94. The monoisotopic (exact) mass is 288 g/mol. The first kappa shape index (κ1) is 15.3. The van der Waals surface area contributed by atoms with Gasteiger partial charge in [0.2, 0.25) is 0 Å². The molecule has 0 aliphatic heterocycles. The van der Waals surface area contributed by atoms with E-state index in [9.17, 15) is 4.79 Å². The Balaban J connectivity index is 2.19. The molecule has 108 valence electrons. The fraction of sp³-hybridized carbons (Fsp3) is 0.0526. The quantitative estimate of drug-likeness (QED) is 0.519. The van der Waals surface area contributed by atoms with Gasteiger partial charge in [-0.3, -0.25) is 4.79 Å². The summed E-state index contributed by atoms with van der Waals surface area (Å²) in [5, 5.41) is 11.7. The van der Waals surface area contributed by atoms with Gasteiger partial charge in [-0.05, 0) is 22.8 Å². The smallest absolute Gasteiger partial charge is 0.262 e. The van der Waals surface area contributed by atoms with E-state index in [0.717, 1.165) is 16.7 Å². The van der Waals surface area contributed by atoms with Crippen molar-refractivity contribution in [2.75, 3.05) is 6.54 Å². The standard InChI is InChI=1S/C19H16N2O/c1-2-12-21-19(22)18(14-20)13-15-8-10-17(11-9-15)16-6-4-3-5-7-16/h2-11,13H,1,12H2,(H,21,22)/b18-13+. The van der Waals surface area contributed by atoms with Gasteiger partial charge >= 0.3 is 0 Å². The van der Waals surface area contributed by atoms with E-state index >= 15 is 0 Å². The van der Waals surface area contributed by atoms with Gasteiger partial charge < -0.3 is 5.32 Å². The molecule has 0 saturated heterocycles. The van der Waals surface area contributed by atoms with E-state index in [1.165, 1.54) is 0 Å². The summed E-state index contributed by atoms with van der Waals surface area (Å²) >= 11 is 0. The van der Waals surface area contributed by atoms with Crippen LogP contribution in [0.25, 0.3) is 17.2 Å². The number of carbonyl (C=O) groups is 1. The van der Waals surface area contributed by atoms with E-state index in [2.05, 4.69) is 11.9 Å². The highest BCUT2D eigenvalue weighted by Gasteiger charge is 2.07. The Kier molecular flexibility index (Phi) is 5.28. The van der Waals surface area contributed by atoms with Crippen LogP contribution in [0.1, 0.15) is 5.56 Å². The van der Waals surface area contributed by atoms with Crippen LogP contribution in [0.3, 0.4) is 0 Å². The molecule has 3 heteroatoms. The van der Waals surface area contributed by atoms with E-state index in [4.69, 9.17) is 5.26 Å². The minimum Gasteiger partial charge on any atom is -0.348 e. The van der Waals surface area contributed by atoms with Gasteiger partial charge in [0.25, 0.3) is 5.91 Å². The van der Waals surface area contributed by atoms with Crippen molar-refractivity contribution in [3.05, 3.63) is 78.4 Å². The zero-order valence-corrected chi connectivity index (χ0v) is 12.1. The minimum absolute atomic E-state index is 0.0781. The molecule has 0 unspecified atom stereocenters. The van der Waals surface area contributed by atoms with Gasteiger partial charge in [-0.15, -0.1) is 6.58 Å². The van der Waals surface area contributed by atoms with Crippen LogP contribution in [0.2, 0.25) is 0 Å². The zero-order chi connectivity index (χ0) is 15.8. The Morgan fingerprint density at radius 3 is 2.32 bits per heavy atom. The van der Waals surface area contributed by atoms with Gasteiger partial charge in [0.15, 0.2) is 0 Å². The molecular weight excluding hydrogens is 272 g/mol. The van der Waals surface area contributed by atoms with Crippen LogP contribution in [0.5, 0.6) is 0 Å². The number of nitriles is 1. The molecule has 0 atom stereocenters. The van der Waals surface area contributed by atoms with Crippen molar-refractivity contribution < 1.29 is 4.79 Å². The lowest BCUT2D eigenvalue weighted by Crippen LogP contribution is -2.24. The molecule has 0 heterocycles. The molecule has 3 nitrogen and oxygen atoms in total. The average Bonchev–Trinajstić information content (AvgIpc) is 2.59. The SMILES string of the molecule is C=CCNC(=O)/C(C#N)=C/c1ccc(-c2ccccc2)cc1. The third-order valence-electron chi connectivity index (χ3n) is 3.10. The number of hydrogen-bond acceptors (Lipinski definition) is 2. The molecule has 22 heavy (non-hydrogen) atoms. The van der Waals surface area contributed by atoms with Crippen molar-refractivity contribution in [1.29, 1.82) is 5.26 Å². The lowest BCUT2D eigenvalue weighted by Gasteiger charge is -2.03. The van der Waals surface area contributed by atoms with Crippen LogP contribution in [0.4, 0.5) is 0 Å². The van der Waals surface area contributed by atoms with E-state index in [0.29, 0.717) is 6.54 Å². The molecule has 1 N–H and O–H groups in total. The van der Waals surface area contributed by atoms with Crippen molar-refractivity contribution in [3.8, 4) is 17.2 Å². The number of carbonyl (C=O) groups excluding carboxylic acids is 1. The molecule has 2 rings (SSSR count). The first-order chi connectivity index (χ1) is 10.7. The average molecular weight is 288 g/mol. The van der Waals surface area contributed by atoms with Gasteiger partial charge in [0.05, 0.1) is 0 Å². The Morgan fingerprint density at radius 2 is 1.73 bits per heavy atom. The van der Waals surface area contributed by atoms with Crippen molar-refractivity contribution in [2.45, 2.75) is 0 Å². The molecule has 0 radical (unpaired) electrons. The molecule has 2 aromatic rings. The van der Waals surface area contributed by atoms with Crippen molar-refractivity contribution in [2.24, 2.45) is 0 Å². The summed E-state index contributed by atoms with van der Waals surface area (Å²) in [5.41, 5.74) is 3.11. The number of nitrogens with one attached hydrogen (secondary N) is 1. The largest absolute Gasteiger partial charge is 0.348 e. The summed E-state index contributed by atoms with van der Waals surface area (Å²) < 4.78 is 0. The highest BCUT2D eigenvalue weighted by Crippen LogP contribution is 2.20. The number of nitrogens with zero attached hydrogens (tertiary/aromatic N) is 1. The maximum Gasteiger partial charge on any atom is 0.262 e. The van der Waals surface area contributed by atoms with Gasteiger partial charge in [-0.2, -0.15) is 5.26 Å². The van der Waals surface area contributed by atoms with Crippen LogP contribution in [0, 0.1) is 11.3 Å². The van der Waals surface area contributed by atoms with Crippen LogP contribution < -0.4 is 5.32 Å². The van der Waals surface area contributed by atoms with Crippen LogP contribution in [-0.4, -0.2) is 12.5 Å². The number of hydrogen-bond donors (Lipinski definition) is 1. The maximum absolute atomic E-state index is 11.8. The lowest BCUT2D eigenvalue weighted by atomic mass is 10.0. The van der Waals surface area contributed by atoms with Crippen LogP contribution >= 0.6 is 0 Å². The first-order valence-electron chi connectivity index (χ1n) is 6.91. The zero-order valence-electron chi connectivity index (χ0n) is 12.1. The second kappa shape index (κ2) is 7.61. The highest BCUT2D eigenvalue weighted by atomic mass is 16.1. The van der Waals surface area contributed by atoms with Gasteiger partial charge in [0.1, 0.15) is 11.6 Å². The molecular formula is C19H16N2O. The Morgan fingerprint density at radius 1 is 1.09 bits per heavy atom. The minimum atomic E-state index is -0.394. The highest BCUT2D eigenvalue weighted by molar-refractivity contribution is 6.01. The Hall–Kier alpha value is -3.12. The molecule has 0 aliphatic rings. The third-order valence-corrected chi connectivity index (χ3v) is 3.10. The topological polar surface area (TPSA) is 52.9 Å². The molecule has 0 fully saturated rings. The lowest BCUT2D eigenvalue weighted by molar-refractivity contribution is -0.116. The van der Waals surface area contributed by atoms with Crippen molar-refractivity contribution >= 4 is 12.0 Å². The second-order valence-electron chi connectivity index (χ2n) is 4.66. The summed E-state index contributed by atoms with van der Waals surface area (Å²) in [6.07, 6.45) is 3.15. The van der Waals surface area contributed by atoms with E-state index in [1.54, 1.807) is 12.2 Å². The summed E-state index contributed by atoms with van der Waals surface area (Å²) in [4.78, 5) is 11.8. The Labute approximate surface area is 130 Å². The van der Waals surface area contributed by atoms with Crippen LogP contribution in [0.15, 0.2) is 72.8 Å². The van der Waals surface area contributed by atoms with Crippen molar-refractivity contribution in [3.63, 3.8) is 0 Å². The van der Waals surface area contributed by atoms with E-state index < -0.39 is 5.91 Å². The number of amides is 1. The normalized spacial score (nSPS) is 10.6. The first-order valence-corrected chi connectivity index (χ1v) is 6.91. The van der Waals surface area contributed by atoms with Gasteiger partial charge in [-0.25, -0.2) is 0 Å². The fourth-order valence-electron chi connectivity index (χ4n) is 1.98. The van der Waals surface area contributed by atoms with E-state index in [1.807, 2.05) is 60.7 Å². The number of rotatable bonds is 5. The molecule has 0 aliphatic carbocycles. The molecule has 0 spiro atoms. The molecule has 0 aromatic heterocycles. The predicted molar refractivity (Wildman–Crippen MR) is 88.7 cm³/mol. The summed E-state index contributed by atoms with van der Waals surface area (Å²) in [7, 11) is 0. The summed E-state index contributed by atoms with van der Waals surface area (Å²) in [6.45, 7) is 3.86. The summed E-state index contributed by atoms with van der Waals surface area (Å²) in [6, 6.07) is 19.7. The van der Waals surface area contributed by atoms with Crippen LogP contribution in [-0.2, 0) is 4.79 Å². The maximum atomic E-state index is 11.8. The fourth-order valence-corrected chi connectivity index (χ4v) is 1.98. The molecule has 1 amide bonds. The number of benzene rings is 2.